The van der Waals surface area contributed by atoms with Gasteiger partial charge in [0, 0.05) is 19.1 Å². The Morgan fingerprint density at radius 2 is 1.56 bits per heavy atom. The number of aliphatic hydroxyl groups is 1. The molecule has 10 nitrogen and oxygen atoms in total. The van der Waals surface area contributed by atoms with Crippen LogP contribution in [0.25, 0.3) is 0 Å². The molecular formula is C37H49N3O7S. The van der Waals surface area contributed by atoms with E-state index in [-0.39, 0.29) is 36.4 Å². The van der Waals surface area contributed by atoms with E-state index >= 15 is 0 Å². The molecule has 1 aliphatic rings. The fraction of sp³-hybridized carbons (Fsp3) is 0.459. The Morgan fingerprint density at radius 3 is 2.21 bits per heavy atom. The predicted octanol–water partition coefficient (Wildman–Crippen LogP) is 5.31. The van der Waals surface area contributed by atoms with Crippen LogP contribution in [0.2, 0.25) is 0 Å². The molecule has 4 unspecified atom stereocenters. The van der Waals surface area contributed by atoms with Crippen LogP contribution < -0.4 is 15.4 Å². The van der Waals surface area contributed by atoms with Gasteiger partial charge < -0.3 is 25.2 Å². The summed E-state index contributed by atoms with van der Waals surface area (Å²) in [7, 11) is -2.32. The lowest BCUT2D eigenvalue weighted by atomic mass is 9.83. The largest absolute Gasteiger partial charge is 0.497 e. The SMILES string of the molecule is COc1ccc(COC(=O)NC2CCCCC2C(=O)NC(Cc2ccccc2)C(O)CN(CCC(C)C)S(=O)(=O)c2ccccc2)cc1. The van der Waals surface area contributed by atoms with Gasteiger partial charge in [0.2, 0.25) is 15.9 Å². The van der Waals surface area contributed by atoms with Gasteiger partial charge in [0.15, 0.2) is 0 Å². The highest BCUT2D eigenvalue weighted by atomic mass is 32.2. The first kappa shape index (κ1) is 36.9. The first-order chi connectivity index (χ1) is 23.1. The molecule has 0 radical (unpaired) electrons. The second-order valence-electron chi connectivity index (χ2n) is 12.8. The van der Waals surface area contributed by atoms with E-state index in [1.807, 2.05) is 56.3 Å². The number of sulfonamides is 1. The summed E-state index contributed by atoms with van der Waals surface area (Å²) in [4.78, 5) is 26.8. The molecule has 0 bridgehead atoms. The molecule has 0 aliphatic heterocycles. The van der Waals surface area contributed by atoms with Crippen molar-refractivity contribution in [3.63, 3.8) is 0 Å². The summed E-state index contributed by atoms with van der Waals surface area (Å²) in [6.45, 7) is 4.15. The lowest BCUT2D eigenvalue weighted by molar-refractivity contribution is -0.128. The highest BCUT2D eigenvalue weighted by molar-refractivity contribution is 7.89. The van der Waals surface area contributed by atoms with E-state index < -0.39 is 40.2 Å². The zero-order valence-electron chi connectivity index (χ0n) is 28.1. The van der Waals surface area contributed by atoms with Gasteiger partial charge in [-0.25, -0.2) is 13.2 Å². The minimum Gasteiger partial charge on any atom is -0.497 e. The monoisotopic (exact) mass is 679 g/mol. The van der Waals surface area contributed by atoms with E-state index in [0.717, 1.165) is 24.0 Å². The first-order valence-electron chi connectivity index (χ1n) is 16.7. The number of nitrogens with one attached hydrogen (secondary N) is 2. The molecule has 1 fully saturated rings. The minimum absolute atomic E-state index is 0.0734. The van der Waals surface area contributed by atoms with Crippen LogP contribution in [0.3, 0.4) is 0 Å². The standard InChI is InChI=1S/C37H49N3O7S/c1-27(2)22-23-40(48(44,45)31-14-8-5-9-15-31)25-35(41)34(24-28-12-6-4-7-13-28)38-36(42)32-16-10-11-17-33(32)39-37(43)47-26-29-18-20-30(46-3)21-19-29/h4-9,12-15,18-21,27,32-35,41H,10-11,16-17,22-26H2,1-3H3,(H,38,42)(H,39,43). The Balaban J connectivity index is 1.48. The number of carbonyl (C=O) groups excluding carboxylic acids is 2. The Hall–Kier alpha value is -3.93. The summed E-state index contributed by atoms with van der Waals surface area (Å²) in [5.74, 6) is 0.114. The average Bonchev–Trinajstić information content (AvgIpc) is 3.09. The van der Waals surface area contributed by atoms with Crippen LogP contribution in [-0.2, 0) is 32.6 Å². The second-order valence-corrected chi connectivity index (χ2v) is 14.7. The molecule has 4 rings (SSSR count). The number of carbonyl (C=O) groups is 2. The van der Waals surface area contributed by atoms with Crippen molar-refractivity contribution in [2.45, 2.75) is 82.1 Å². The van der Waals surface area contributed by atoms with Crippen molar-refractivity contribution in [2.75, 3.05) is 20.2 Å². The molecule has 2 amide bonds. The molecule has 11 heteroatoms. The van der Waals surface area contributed by atoms with E-state index in [0.29, 0.717) is 31.4 Å². The number of hydrogen-bond acceptors (Lipinski definition) is 7. The van der Waals surface area contributed by atoms with Gasteiger partial charge in [-0.15, -0.1) is 0 Å². The van der Waals surface area contributed by atoms with Crippen molar-refractivity contribution in [1.82, 2.24) is 14.9 Å². The van der Waals surface area contributed by atoms with Crippen LogP contribution in [0.1, 0.15) is 57.1 Å². The number of rotatable bonds is 16. The van der Waals surface area contributed by atoms with Gasteiger partial charge in [0.05, 0.1) is 30.1 Å². The Bertz CT molecular complexity index is 1540. The number of amides is 2. The van der Waals surface area contributed by atoms with Gasteiger partial charge in [-0.3, -0.25) is 4.79 Å². The molecule has 0 aromatic heterocycles. The predicted molar refractivity (Wildman–Crippen MR) is 185 cm³/mol. The number of methoxy groups -OCH3 is 1. The highest BCUT2D eigenvalue weighted by Gasteiger charge is 2.36. The van der Waals surface area contributed by atoms with Crippen LogP contribution in [0.15, 0.2) is 89.8 Å². The zero-order chi connectivity index (χ0) is 34.5. The van der Waals surface area contributed by atoms with Crippen molar-refractivity contribution in [3.8, 4) is 5.75 Å². The molecule has 3 N–H and O–H groups in total. The van der Waals surface area contributed by atoms with Crippen molar-refractivity contribution in [1.29, 1.82) is 0 Å². The Kier molecular flexibility index (Phi) is 13.8. The van der Waals surface area contributed by atoms with Crippen molar-refractivity contribution in [3.05, 3.63) is 96.1 Å². The third kappa shape index (κ3) is 10.8. The number of benzene rings is 3. The van der Waals surface area contributed by atoms with E-state index in [1.165, 1.54) is 4.31 Å². The number of nitrogens with zero attached hydrogens (tertiary/aromatic N) is 1. The number of ether oxygens (including phenoxy) is 2. The summed E-state index contributed by atoms with van der Waals surface area (Å²) < 4.78 is 39.4. The van der Waals surface area contributed by atoms with Gasteiger partial charge in [-0.2, -0.15) is 4.31 Å². The Morgan fingerprint density at radius 1 is 0.917 bits per heavy atom. The molecule has 0 heterocycles. The second kappa shape index (κ2) is 18.0. The fourth-order valence-electron chi connectivity index (χ4n) is 5.91. The third-order valence-electron chi connectivity index (χ3n) is 8.75. The van der Waals surface area contributed by atoms with Crippen molar-refractivity contribution < 1.29 is 32.6 Å². The molecule has 4 atom stereocenters. The Labute approximate surface area is 284 Å². The van der Waals surface area contributed by atoms with Crippen LogP contribution >= 0.6 is 0 Å². The quantitative estimate of drug-likeness (QED) is 0.187. The zero-order valence-corrected chi connectivity index (χ0v) is 28.9. The summed E-state index contributed by atoms with van der Waals surface area (Å²) >= 11 is 0. The van der Waals surface area contributed by atoms with Crippen LogP contribution in [0, 0.1) is 11.8 Å². The van der Waals surface area contributed by atoms with Gasteiger partial charge in [-0.05, 0) is 67.0 Å². The smallest absolute Gasteiger partial charge is 0.407 e. The molecule has 0 spiro atoms. The lowest BCUT2D eigenvalue weighted by Gasteiger charge is -2.34. The number of hydrogen-bond donors (Lipinski definition) is 3. The maximum Gasteiger partial charge on any atom is 0.407 e. The molecule has 48 heavy (non-hydrogen) atoms. The topological polar surface area (TPSA) is 134 Å². The minimum atomic E-state index is -3.91. The molecule has 260 valence electrons. The van der Waals surface area contributed by atoms with E-state index in [4.69, 9.17) is 9.47 Å². The first-order valence-corrected chi connectivity index (χ1v) is 18.1. The van der Waals surface area contributed by atoms with Gasteiger partial charge in [0.1, 0.15) is 12.4 Å². The fourth-order valence-corrected chi connectivity index (χ4v) is 7.41. The van der Waals surface area contributed by atoms with Crippen molar-refractivity contribution >= 4 is 22.0 Å². The summed E-state index contributed by atoms with van der Waals surface area (Å²) in [5, 5.41) is 17.6. The summed E-state index contributed by atoms with van der Waals surface area (Å²) in [6, 6.07) is 23.7. The third-order valence-corrected chi connectivity index (χ3v) is 10.6. The van der Waals surface area contributed by atoms with Gasteiger partial charge in [0.25, 0.3) is 0 Å². The molecule has 1 saturated carbocycles. The molecule has 3 aromatic rings. The van der Waals surface area contributed by atoms with Gasteiger partial charge in [-0.1, -0.05) is 87.4 Å². The van der Waals surface area contributed by atoms with Crippen LogP contribution in [-0.4, -0.2) is 68.2 Å². The van der Waals surface area contributed by atoms with Crippen LogP contribution in [0.4, 0.5) is 4.79 Å². The van der Waals surface area contributed by atoms with E-state index in [1.54, 1.807) is 49.6 Å². The maximum absolute atomic E-state index is 13.9. The molecule has 0 saturated heterocycles. The lowest BCUT2D eigenvalue weighted by Crippen LogP contribution is -2.55. The normalized spacial score (nSPS) is 17.8. The molecule has 3 aromatic carbocycles. The van der Waals surface area contributed by atoms with Crippen molar-refractivity contribution in [2.24, 2.45) is 11.8 Å². The maximum atomic E-state index is 13.9. The number of alkyl carbamates (subject to hydrolysis) is 1. The van der Waals surface area contributed by atoms with E-state index in [9.17, 15) is 23.1 Å². The van der Waals surface area contributed by atoms with Crippen LogP contribution in [0.5, 0.6) is 5.75 Å². The average molecular weight is 680 g/mol. The molecular weight excluding hydrogens is 630 g/mol. The molecule has 1 aliphatic carbocycles. The van der Waals surface area contributed by atoms with E-state index in [2.05, 4.69) is 10.6 Å². The summed E-state index contributed by atoms with van der Waals surface area (Å²) in [6.07, 6.45) is 1.94. The van der Waals surface area contributed by atoms with Gasteiger partial charge >= 0.3 is 6.09 Å². The summed E-state index contributed by atoms with van der Waals surface area (Å²) in [5.41, 5.74) is 1.69. The highest BCUT2D eigenvalue weighted by Crippen LogP contribution is 2.26. The number of aliphatic hydroxyl groups excluding tert-OH is 1.